The maximum atomic E-state index is 13.7. The third-order valence-corrected chi connectivity index (χ3v) is 7.51. The molecule has 2 aromatic heterocycles. The second-order valence-corrected chi connectivity index (χ2v) is 10.2. The summed E-state index contributed by atoms with van der Waals surface area (Å²) >= 11 is 6.17. The number of anilines is 2. The van der Waals surface area contributed by atoms with E-state index in [9.17, 15) is 8.42 Å². The topological polar surface area (TPSA) is 76.9 Å². The number of hydrogen-bond donors (Lipinski definition) is 1. The minimum Gasteiger partial charge on any atom is -0.340 e. The van der Waals surface area contributed by atoms with Crippen LogP contribution in [0, 0.1) is 13.8 Å². The molecule has 3 aromatic carbocycles. The van der Waals surface area contributed by atoms with Crippen LogP contribution in [0.1, 0.15) is 11.3 Å². The van der Waals surface area contributed by atoms with Crippen LogP contribution in [0.4, 0.5) is 11.5 Å². The Morgan fingerprint density at radius 1 is 0.853 bits per heavy atom. The number of halogens is 1. The second-order valence-electron chi connectivity index (χ2n) is 8.00. The molecule has 0 atom stereocenters. The molecule has 0 radical (unpaired) electrons. The van der Waals surface area contributed by atoms with Gasteiger partial charge in [-0.15, -0.1) is 0 Å². The average molecular weight is 489 g/mol. The van der Waals surface area contributed by atoms with E-state index in [2.05, 4.69) is 5.32 Å². The van der Waals surface area contributed by atoms with E-state index in [4.69, 9.17) is 21.6 Å². The van der Waals surface area contributed by atoms with Crippen molar-refractivity contribution in [3.63, 3.8) is 0 Å². The molecule has 0 unspecified atom stereocenters. The van der Waals surface area contributed by atoms with E-state index < -0.39 is 10.0 Å². The summed E-state index contributed by atoms with van der Waals surface area (Å²) in [5.41, 5.74) is 3.32. The Kier molecular flexibility index (Phi) is 5.59. The van der Waals surface area contributed by atoms with Crippen LogP contribution in [0.2, 0.25) is 5.02 Å². The van der Waals surface area contributed by atoms with Gasteiger partial charge in [-0.05, 0) is 50.2 Å². The zero-order valence-electron chi connectivity index (χ0n) is 18.5. The van der Waals surface area contributed by atoms with Gasteiger partial charge < -0.3 is 5.32 Å². The van der Waals surface area contributed by atoms with Crippen LogP contribution in [0.25, 0.3) is 22.4 Å². The molecule has 1 N–H and O–H groups in total. The number of aryl methyl sites for hydroxylation is 2. The molecule has 170 valence electrons. The van der Waals surface area contributed by atoms with E-state index in [0.29, 0.717) is 33.4 Å². The summed E-state index contributed by atoms with van der Waals surface area (Å²) in [6.45, 7) is 3.67. The van der Waals surface area contributed by atoms with Crippen molar-refractivity contribution in [3.05, 3.63) is 101 Å². The van der Waals surface area contributed by atoms with Crippen LogP contribution in [0.5, 0.6) is 0 Å². The van der Waals surface area contributed by atoms with Crippen molar-refractivity contribution in [1.29, 1.82) is 0 Å². The fraction of sp³-hybridized carbons (Fsp3) is 0.0769. The number of rotatable bonds is 5. The SMILES string of the molecule is Cc1ccc(S(=O)(=O)n2c(C)cc3c(Nc4cccc(Cl)c4)nc(-c4ccccc4)nc32)cc1. The van der Waals surface area contributed by atoms with Gasteiger partial charge in [-0.2, -0.15) is 0 Å². The minimum atomic E-state index is -3.89. The smallest absolute Gasteiger partial charge is 0.269 e. The predicted octanol–water partition coefficient (Wildman–Crippen LogP) is 6.35. The molecule has 0 spiro atoms. The molecule has 5 aromatic rings. The molecule has 6 nitrogen and oxygen atoms in total. The Hall–Kier alpha value is -3.68. The molecule has 0 bridgehead atoms. The van der Waals surface area contributed by atoms with E-state index >= 15 is 0 Å². The van der Waals surface area contributed by atoms with Crippen molar-refractivity contribution >= 4 is 44.2 Å². The first-order chi connectivity index (χ1) is 16.3. The lowest BCUT2D eigenvalue weighted by molar-refractivity contribution is 0.587. The molecule has 0 fully saturated rings. The number of aromatic nitrogens is 3. The van der Waals surface area contributed by atoms with E-state index in [1.807, 2.05) is 49.4 Å². The number of nitrogens with zero attached hydrogens (tertiary/aromatic N) is 3. The second kappa shape index (κ2) is 8.59. The molecule has 0 amide bonds. The molecule has 0 saturated heterocycles. The van der Waals surface area contributed by atoms with Crippen molar-refractivity contribution < 1.29 is 8.42 Å². The van der Waals surface area contributed by atoms with Crippen LogP contribution in [0.3, 0.4) is 0 Å². The summed E-state index contributed by atoms with van der Waals surface area (Å²) in [4.78, 5) is 9.64. The maximum Gasteiger partial charge on any atom is 0.269 e. The van der Waals surface area contributed by atoms with Crippen LogP contribution >= 0.6 is 11.6 Å². The number of benzene rings is 3. The van der Waals surface area contributed by atoms with Gasteiger partial charge in [0.15, 0.2) is 11.5 Å². The summed E-state index contributed by atoms with van der Waals surface area (Å²) in [5, 5.41) is 4.46. The summed E-state index contributed by atoms with van der Waals surface area (Å²) in [5.74, 6) is 0.906. The monoisotopic (exact) mass is 488 g/mol. The molecule has 0 aliphatic carbocycles. The third-order valence-electron chi connectivity index (χ3n) is 5.47. The summed E-state index contributed by atoms with van der Waals surface area (Å²) in [6.07, 6.45) is 0. The van der Waals surface area contributed by atoms with Crippen LogP contribution in [0.15, 0.2) is 89.8 Å². The quantitative estimate of drug-likeness (QED) is 0.312. The lowest BCUT2D eigenvalue weighted by Crippen LogP contribution is -2.15. The minimum absolute atomic E-state index is 0.197. The Bertz CT molecular complexity index is 1610. The highest BCUT2D eigenvalue weighted by atomic mass is 35.5. The molecule has 8 heteroatoms. The number of fused-ring (bicyclic) bond motifs is 1. The summed E-state index contributed by atoms with van der Waals surface area (Å²) in [7, 11) is -3.89. The number of nitrogens with one attached hydrogen (secondary N) is 1. The average Bonchev–Trinajstić information content (AvgIpc) is 3.17. The van der Waals surface area contributed by atoms with Gasteiger partial charge in [-0.3, -0.25) is 0 Å². The normalized spacial score (nSPS) is 11.6. The lowest BCUT2D eigenvalue weighted by atomic mass is 10.2. The first kappa shape index (κ1) is 22.1. The zero-order chi connectivity index (χ0) is 23.9. The first-order valence-corrected chi connectivity index (χ1v) is 12.4. The molecular weight excluding hydrogens is 468 g/mol. The van der Waals surface area contributed by atoms with Gasteiger partial charge in [0.25, 0.3) is 10.0 Å². The summed E-state index contributed by atoms with van der Waals surface area (Å²) < 4.78 is 28.6. The first-order valence-electron chi connectivity index (χ1n) is 10.6. The molecule has 34 heavy (non-hydrogen) atoms. The van der Waals surface area contributed by atoms with E-state index in [1.54, 1.807) is 49.4 Å². The molecule has 0 aliphatic rings. The standard InChI is InChI=1S/C26H21ClN4O2S/c1-17-11-13-22(14-12-17)34(32,33)31-18(2)15-23-25(28-21-10-6-9-20(27)16-21)29-24(30-26(23)31)19-7-4-3-5-8-19/h3-16H,1-2H3,(H,28,29,30). The highest BCUT2D eigenvalue weighted by Gasteiger charge is 2.25. The Morgan fingerprint density at radius 3 is 2.29 bits per heavy atom. The molecule has 0 saturated carbocycles. The molecule has 2 heterocycles. The van der Waals surface area contributed by atoms with Crippen molar-refractivity contribution in [2.75, 3.05) is 5.32 Å². The van der Waals surface area contributed by atoms with Crippen LogP contribution in [-0.2, 0) is 10.0 Å². The van der Waals surface area contributed by atoms with Crippen LogP contribution < -0.4 is 5.32 Å². The van der Waals surface area contributed by atoms with E-state index in [-0.39, 0.29) is 4.90 Å². The van der Waals surface area contributed by atoms with Crippen molar-refractivity contribution in [1.82, 2.24) is 13.9 Å². The van der Waals surface area contributed by atoms with Crippen molar-refractivity contribution in [2.24, 2.45) is 0 Å². The van der Waals surface area contributed by atoms with Crippen LogP contribution in [-0.4, -0.2) is 22.4 Å². The van der Waals surface area contributed by atoms with Gasteiger partial charge in [0.1, 0.15) is 5.82 Å². The Balaban J connectivity index is 1.76. The molecule has 0 aliphatic heterocycles. The lowest BCUT2D eigenvalue weighted by Gasteiger charge is -2.12. The van der Waals surface area contributed by atoms with E-state index in [0.717, 1.165) is 16.8 Å². The van der Waals surface area contributed by atoms with E-state index in [1.165, 1.54) is 3.97 Å². The number of hydrogen-bond acceptors (Lipinski definition) is 5. The predicted molar refractivity (Wildman–Crippen MR) is 136 cm³/mol. The van der Waals surface area contributed by atoms with Gasteiger partial charge in [-0.1, -0.05) is 65.7 Å². The largest absolute Gasteiger partial charge is 0.340 e. The van der Waals surface area contributed by atoms with Gasteiger partial charge in [0, 0.05) is 22.0 Å². The fourth-order valence-corrected chi connectivity index (χ4v) is 5.49. The van der Waals surface area contributed by atoms with Gasteiger partial charge in [0.2, 0.25) is 0 Å². The third kappa shape index (κ3) is 4.04. The van der Waals surface area contributed by atoms with Crippen molar-refractivity contribution in [3.8, 4) is 11.4 Å². The highest BCUT2D eigenvalue weighted by molar-refractivity contribution is 7.90. The Morgan fingerprint density at radius 2 is 1.59 bits per heavy atom. The molecular formula is C26H21ClN4O2S. The van der Waals surface area contributed by atoms with Gasteiger partial charge in [0.05, 0.1) is 10.3 Å². The van der Waals surface area contributed by atoms with Crippen molar-refractivity contribution in [2.45, 2.75) is 18.7 Å². The van der Waals surface area contributed by atoms with Gasteiger partial charge in [-0.25, -0.2) is 22.4 Å². The highest BCUT2D eigenvalue weighted by Crippen LogP contribution is 2.32. The van der Waals surface area contributed by atoms with Gasteiger partial charge >= 0.3 is 0 Å². The maximum absolute atomic E-state index is 13.7. The Labute approximate surface area is 202 Å². The molecule has 5 rings (SSSR count). The zero-order valence-corrected chi connectivity index (χ0v) is 20.1. The summed E-state index contributed by atoms with van der Waals surface area (Å²) in [6, 6.07) is 25.3. The fourth-order valence-electron chi connectivity index (χ4n) is 3.81.